The highest BCUT2D eigenvalue weighted by molar-refractivity contribution is 9.10. The number of ether oxygens (including phenoxy) is 3. The molecule has 31 heavy (non-hydrogen) atoms. The molecule has 0 atom stereocenters. The van der Waals surface area contributed by atoms with Crippen LogP contribution in [0.1, 0.15) is 39.4 Å². The first-order valence-corrected chi connectivity index (χ1v) is 10.7. The lowest BCUT2D eigenvalue weighted by Crippen LogP contribution is -2.16. The van der Waals surface area contributed by atoms with Crippen molar-refractivity contribution in [1.82, 2.24) is 5.43 Å². The zero-order valence-electron chi connectivity index (χ0n) is 16.5. The minimum absolute atomic E-state index is 0.162. The summed E-state index contributed by atoms with van der Waals surface area (Å²) in [6.45, 7) is 0.440. The fraction of sp³-hybridized carbons (Fsp3) is 0.217. The van der Waals surface area contributed by atoms with Crippen molar-refractivity contribution in [2.45, 2.75) is 25.9 Å². The van der Waals surface area contributed by atoms with Gasteiger partial charge in [-0.05, 0) is 82.7 Å². The van der Waals surface area contributed by atoms with E-state index >= 15 is 0 Å². The van der Waals surface area contributed by atoms with Crippen LogP contribution in [0.5, 0.6) is 17.2 Å². The first kappa shape index (κ1) is 19.7. The van der Waals surface area contributed by atoms with Gasteiger partial charge in [-0.15, -0.1) is 0 Å². The molecule has 158 valence electrons. The lowest BCUT2D eigenvalue weighted by atomic mass is 10.1. The fourth-order valence-corrected chi connectivity index (χ4v) is 4.04. The van der Waals surface area contributed by atoms with E-state index in [0.29, 0.717) is 17.3 Å². The third-order valence-electron chi connectivity index (χ3n) is 5.20. The zero-order chi connectivity index (χ0) is 21.2. The molecule has 2 aliphatic rings. The standard InChI is InChI=1S/C23H19BrN2O5/c24-19-10-22-21(29-13-30-22)9-16(19)11-25-26-23(27)20-7-6-18(31-20)12-28-17-5-4-14-2-1-3-15(14)8-17/h4-11H,1-3,12-13H2,(H,26,27)/b25-11+. The van der Waals surface area contributed by atoms with Crippen LogP contribution in [0.3, 0.4) is 0 Å². The molecule has 1 aromatic heterocycles. The van der Waals surface area contributed by atoms with E-state index in [1.807, 2.05) is 6.07 Å². The van der Waals surface area contributed by atoms with E-state index in [1.165, 1.54) is 23.8 Å². The minimum atomic E-state index is -0.447. The third kappa shape index (κ3) is 4.29. The van der Waals surface area contributed by atoms with Gasteiger partial charge in [-0.25, -0.2) is 5.43 Å². The molecule has 7 nitrogen and oxygen atoms in total. The number of nitrogens with zero attached hydrogens (tertiary/aromatic N) is 1. The Kier molecular flexibility index (Phi) is 5.38. The van der Waals surface area contributed by atoms with Gasteiger partial charge in [-0.3, -0.25) is 4.79 Å². The van der Waals surface area contributed by atoms with Crippen LogP contribution in [0.25, 0.3) is 0 Å². The Morgan fingerprint density at radius 1 is 1.10 bits per heavy atom. The van der Waals surface area contributed by atoms with E-state index in [0.717, 1.165) is 28.6 Å². The van der Waals surface area contributed by atoms with Gasteiger partial charge in [-0.1, -0.05) is 6.07 Å². The van der Waals surface area contributed by atoms with Crippen molar-refractivity contribution >= 4 is 28.1 Å². The highest BCUT2D eigenvalue weighted by Gasteiger charge is 2.16. The largest absolute Gasteiger partial charge is 0.486 e. The minimum Gasteiger partial charge on any atom is -0.486 e. The van der Waals surface area contributed by atoms with Crippen molar-refractivity contribution in [2.24, 2.45) is 5.10 Å². The predicted octanol–water partition coefficient (Wildman–Crippen LogP) is 4.60. The van der Waals surface area contributed by atoms with Gasteiger partial charge in [0.05, 0.1) is 6.21 Å². The van der Waals surface area contributed by atoms with Gasteiger partial charge in [-0.2, -0.15) is 5.10 Å². The predicted molar refractivity (Wildman–Crippen MR) is 117 cm³/mol. The molecule has 1 amide bonds. The summed E-state index contributed by atoms with van der Waals surface area (Å²) in [4.78, 5) is 12.3. The van der Waals surface area contributed by atoms with Crippen LogP contribution >= 0.6 is 15.9 Å². The normalized spacial score (nSPS) is 14.1. The number of carbonyl (C=O) groups is 1. The molecule has 1 aliphatic heterocycles. The first-order valence-electron chi connectivity index (χ1n) is 9.91. The maximum Gasteiger partial charge on any atom is 0.307 e. The number of aryl methyl sites for hydroxylation is 2. The molecular weight excluding hydrogens is 464 g/mol. The van der Waals surface area contributed by atoms with Gasteiger partial charge in [0.2, 0.25) is 6.79 Å². The highest BCUT2D eigenvalue weighted by Crippen LogP contribution is 2.36. The topological polar surface area (TPSA) is 82.3 Å². The number of hydrogen-bond acceptors (Lipinski definition) is 6. The molecule has 2 heterocycles. The second-order valence-corrected chi connectivity index (χ2v) is 8.12. The summed E-state index contributed by atoms with van der Waals surface area (Å²) in [6, 6.07) is 13.1. The number of halogens is 1. The van der Waals surface area contributed by atoms with E-state index in [2.05, 4.69) is 38.6 Å². The Labute approximate surface area is 187 Å². The molecule has 2 aromatic carbocycles. The maximum atomic E-state index is 12.3. The van der Waals surface area contributed by atoms with Gasteiger partial charge >= 0.3 is 5.91 Å². The average molecular weight is 483 g/mol. The summed E-state index contributed by atoms with van der Waals surface area (Å²) >= 11 is 3.45. The quantitative estimate of drug-likeness (QED) is 0.410. The molecule has 0 spiro atoms. The molecule has 0 saturated heterocycles. The molecule has 8 heteroatoms. The van der Waals surface area contributed by atoms with Gasteiger partial charge in [0, 0.05) is 10.0 Å². The van der Waals surface area contributed by atoms with Crippen LogP contribution in [-0.2, 0) is 19.4 Å². The van der Waals surface area contributed by atoms with E-state index in [9.17, 15) is 4.79 Å². The van der Waals surface area contributed by atoms with E-state index < -0.39 is 5.91 Å². The van der Waals surface area contributed by atoms with E-state index in [1.54, 1.807) is 24.3 Å². The molecule has 5 rings (SSSR count). The monoisotopic (exact) mass is 482 g/mol. The van der Waals surface area contributed by atoms with Crippen molar-refractivity contribution in [1.29, 1.82) is 0 Å². The Balaban J connectivity index is 1.17. The molecule has 0 fully saturated rings. The van der Waals surface area contributed by atoms with E-state index in [-0.39, 0.29) is 19.2 Å². The van der Waals surface area contributed by atoms with Crippen LogP contribution in [0.15, 0.2) is 56.5 Å². The van der Waals surface area contributed by atoms with Crippen LogP contribution in [-0.4, -0.2) is 18.9 Å². The Hall–Kier alpha value is -3.26. The van der Waals surface area contributed by atoms with E-state index in [4.69, 9.17) is 18.6 Å². The molecule has 1 aliphatic carbocycles. The zero-order valence-corrected chi connectivity index (χ0v) is 18.1. The van der Waals surface area contributed by atoms with Crippen LogP contribution in [0.2, 0.25) is 0 Å². The molecular formula is C23H19BrN2O5. The average Bonchev–Trinajstić information content (AvgIpc) is 3.52. The SMILES string of the molecule is O=C(N/N=C/c1cc2c(cc1Br)OCO2)c1ccc(COc2ccc3c(c2)CCC3)o1. The summed E-state index contributed by atoms with van der Waals surface area (Å²) in [5.41, 5.74) is 5.96. The summed E-state index contributed by atoms with van der Waals surface area (Å²) < 4.78 is 22.9. The summed E-state index contributed by atoms with van der Waals surface area (Å²) in [5.74, 6) is 2.38. The first-order chi connectivity index (χ1) is 15.2. The van der Waals surface area contributed by atoms with Crippen molar-refractivity contribution < 1.29 is 23.4 Å². The molecule has 0 radical (unpaired) electrons. The third-order valence-corrected chi connectivity index (χ3v) is 5.88. The molecule has 1 N–H and O–H groups in total. The Bertz CT molecular complexity index is 1170. The van der Waals surface area contributed by atoms with Gasteiger partial charge in [0.15, 0.2) is 17.3 Å². The van der Waals surface area contributed by atoms with Crippen molar-refractivity contribution in [3.05, 3.63) is 75.1 Å². The van der Waals surface area contributed by atoms with Crippen LogP contribution < -0.4 is 19.6 Å². The van der Waals surface area contributed by atoms with Gasteiger partial charge in [0.25, 0.3) is 0 Å². The lowest BCUT2D eigenvalue weighted by molar-refractivity contribution is 0.0923. The summed E-state index contributed by atoms with van der Waals surface area (Å²) in [6.07, 6.45) is 4.95. The second kappa shape index (κ2) is 8.47. The number of amides is 1. The highest BCUT2D eigenvalue weighted by atomic mass is 79.9. The van der Waals surface area contributed by atoms with Crippen molar-refractivity contribution in [3.8, 4) is 17.2 Å². The summed E-state index contributed by atoms with van der Waals surface area (Å²) in [5, 5.41) is 4.00. The number of hydrazone groups is 1. The Morgan fingerprint density at radius 3 is 2.84 bits per heavy atom. The molecule has 0 bridgehead atoms. The number of nitrogens with one attached hydrogen (secondary N) is 1. The number of hydrogen-bond donors (Lipinski definition) is 1. The Morgan fingerprint density at radius 2 is 1.94 bits per heavy atom. The number of benzene rings is 2. The second-order valence-electron chi connectivity index (χ2n) is 7.26. The molecule has 3 aromatic rings. The fourth-order valence-electron chi connectivity index (χ4n) is 3.62. The van der Waals surface area contributed by atoms with Crippen LogP contribution in [0, 0.1) is 0 Å². The van der Waals surface area contributed by atoms with Crippen molar-refractivity contribution in [2.75, 3.05) is 6.79 Å². The lowest BCUT2D eigenvalue weighted by Gasteiger charge is -2.06. The number of rotatable bonds is 6. The number of fused-ring (bicyclic) bond motifs is 2. The van der Waals surface area contributed by atoms with Gasteiger partial charge in [0.1, 0.15) is 18.1 Å². The smallest absolute Gasteiger partial charge is 0.307 e. The molecule has 0 unspecified atom stereocenters. The van der Waals surface area contributed by atoms with Gasteiger partial charge < -0.3 is 18.6 Å². The molecule has 0 saturated carbocycles. The maximum absolute atomic E-state index is 12.3. The summed E-state index contributed by atoms with van der Waals surface area (Å²) in [7, 11) is 0. The van der Waals surface area contributed by atoms with Crippen molar-refractivity contribution in [3.63, 3.8) is 0 Å². The number of carbonyl (C=O) groups excluding carboxylic acids is 1. The van der Waals surface area contributed by atoms with Crippen LogP contribution in [0.4, 0.5) is 0 Å². The number of furan rings is 1.